The third kappa shape index (κ3) is 1.46. The standard InChI is InChI=1S/C22H22N2O/c1-20-14-24(22(13-23)12-16(20)10-11-21(20,22)2)19(25)18-9-5-7-15-6-3-4-8-17(15)18/h3-9,16H,10-12,14H2,1-2H3/t16-,20+,21+,22+/m1/s1. The molecule has 3 aliphatic rings. The van der Waals surface area contributed by atoms with Crippen molar-refractivity contribution in [3.8, 4) is 6.07 Å². The first-order valence-corrected chi connectivity index (χ1v) is 9.18. The van der Waals surface area contributed by atoms with E-state index in [-0.39, 0.29) is 16.7 Å². The van der Waals surface area contributed by atoms with E-state index in [2.05, 4.69) is 19.9 Å². The minimum atomic E-state index is -0.640. The fourth-order valence-corrected chi connectivity index (χ4v) is 6.31. The molecule has 0 N–H and O–H groups in total. The maximum absolute atomic E-state index is 13.6. The molecule has 2 saturated carbocycles. The summed E-state index contributed by atoms with van der Waals surface area (Å²) in [4.78, 5) is 15.5. The number of rotatable bonds is 1. The maximum Gasteiger partial charge on any atom is 0.255 e. The lowest BCUT2D eigenvalue weighted by Crippen LogP contribution is -2.54. The summed E-state index contributed by atoms with van der Waals surface area (Å²) in [5, 5.41) is 12.2. The number of nitrogens with zero attached hydrogens (tertiary/aromatic N) is 2. The number of carbonyl (C=O) groups excluding carboxylic acids is 1. The Morgan fingerprint density at radius 1 is 1.20 bits per heavy atom. The average Bonchev–Trinajstić information content (AvgIpc) is 3.09. The number of likely N-dealkylation sites (tertiary alicyclic amines) is 1. The van der Waals surface area contributed by atoms with Gasteiger partial charge in [-0.3, -0.25) is 4.79 Å². The number of benzene rings is 2. The van der Waals surface area contributed by atoms with Gasteiger partial charge in [-0.25, -0.2) is 0 Å². The molecule has 25 heavy (non-hydrogen) atoms. The van der Waals surface area contributed by atoms with Gasteiger partial charge in [-0.2, -0.15) is 5.26 Å². The molecule has 1 saturated heterocycles. The van der Waals surface area contributed by atoms with E-state index in [1.165, 1.54) is 6.42 Å². The van der Waals surface area contributed by atoms with Crippen molar-refractivity contribution in [3.63, 3.8) is 0 Å². The lowest BCUT2D eigenvalue weighted by atomic mass is 9.66. The molecule has 3 heteroatoms. The Bertz CT molecular complexity index is 955. The third-order valence-corrected chi connectivity index (χ3v) is 8.01. The monoisotopic (exact) mass is 330 g/mol. The van der Waals surface area contributed by atoms with Gasteiger partial charge in [0.1, 0.15) is 5.54 Å². The van der Waals surface area contributed by atoms with Crippen LogP contribution in [0.2, 0.25) is 0 Å². The molecule has 0 radical (unpaired) electrons. The fourth-order valence-electron chi connectivity index (χ4n) is 6.31. The molecule has 0 unspecified atom stereocenters. The highest BCUT2D eigenvalue weighted by Crippen LogP contribution is 2.75. The van der Waals surface area contributed by atoms with Crippen LogP contribution in [0.4, 0.5) is 0 Å². The van der Waals surface area contributed by atoms with Crippen molar-refractivity contribution in [2.45, 2.75) is 38.6 Å². The lowest BCUT2D eigenvalue weighted by molar-refractivity contribution is 0.0432. The highest BCUT2D eigenvalue weighted by atomic mass is 16.2. The van der Waals surface area contributed by atoms with Gasteiger partial charge in [0, 0.05) is 17.5 Å². The van der Waals surface area contributed by atoms with Crippen LogP contribution in [0.1, 0.15) is 43.5 Å². The summed E-state index contributed by atoms with van der Waals surface area (Å²) in [6.07, 6.45) is 3.10. The minimum absolute atomic E-state index is 0.0219. The summed E-state index contributed by atoms with van der Waals surface area (Å²) in [5.74, 6) is 0.599. The molecule has 2 aromatic carbocycles. The molecular formula is C22H22N2O. The molecule has 126 valence electrons. The average molecular weight is 330 g/mol. The first kappa shape index (κ1) is 15.0. The third-order valence-electron chi connectivity index (χ3n) is 8.01. The zero-order valence-corrected chi connectivity index (χ0v) is 14.7. The van der Waals surface area contributed by atoms with Crippen molar-refractivity contribution in [1.29, 1.82) is 5.26 Å². The second-order valence-electron chi connectivity index (χ2n) is 8.58. The van der Waals surface area contributed by atoms with Crippen LogP contribution in [0, 0.1) is 28.1 Å². The molecule has 2 aliphatic carbocycles. The van der Waals surface area contributed by atoms with Gasteiger partial charge in [0.2, 0.25) is 0 Å². The van der Waals surface area contributed by atoms with Crippen LogP contribution in [0.15, 0.2) is 42.5 Å². The van der Waals surface area contributed by atoms with Gasteiger partial charge in [-0.1, -0.05) is 50.2 Å². The summed E-state index contributed by atoms with van der Waals surface area (Å²) in [5.41, 5.74) is 0.0739. The normalized spacial score (nSPS) is 38.3. The lowest BCUT2D eigenvalue weighted by Gasteiger charge is -2.43. The Kier molecular flexibility index (Phi) is 2.65. The summed E-state index contributed by atoms with van der Waals surface area (Å²) < 4.78 is 0. The van der Waals surface area contributed by atoms with Crippen molar-refractivity contribution < 1.29 is 4.79 Å². The van der Waals surface area contributed by atoms with Crippen LogP contribution in [-0.2, 0) is 0 Å². The summed E-state index contributed by atoms with van der Waals surface area (Å²) in [7, 11) is 0. The zero-order valence-electron chi connectivity index (χ0n) is 14.7. The Morgan fingerprint density at radius 2 is 1.96 bits per heavy atom. The Morgan fingerprint density at radius 3 is 2.72 bits per heavy atom. The molecule has 1 aliphatic heterocycles. The van der Waals surface area contributed by atoms with Crippen LogP contribution < -0.4 is 0 Å². The zero-order chi connectivity index (χ0) is 17.4. The number of amides is 1. The minimum Gasteiger partial charge on any atom is -0.319 e. The van der Waals surface area contributed by atoms with Crippen LogP contribution in [0.25, 0.3) is 10.8 Å². The summed E-state index contributed by atoms with van der Waals surface area (Å²) in [6, 6.07) is 16.5. The predicted octanol–water partition coefficient (Wildman–Crippen LogP) is 4.38. The number of nitriles is 1. The molecule has 5 rings (SSSR count). The number of piperidine rings is 1. The number of hydrogen-bond donors (Lipinski definition) is 0. The van der Waals surface area contributed by atoms with Gasteiger partial charge in [0.15, 0.2) is 0 Å². The highest BCUT2D eigenvalue weighted by molar-refractivity contribution is 6.07. The van der Waals surface area contributed by atoms with Crippen molar-refractivity contribution in [3.05, 3.63) is 48.0 Å². The SMILES string of the molecule is C[C@@]12CC[C@@H]3C[C@@]1(C#N)N(C(=O)c1cccc4ccccc14)C[C@@]32C. The number of carbonyl (C=O) groups is 1. The predicted molar refractivity (Wildman–Crippen MR) is 96.9 cm³/mol. The largest absolute Gasteiger partial charge is 0.319 e. The van der Waals surface area contributed by atoms with Crippen molar-refractivity contribution in [2.24, 2.45) is 16.7 Å². The molecule has 2 aromatic rings. The van der Waals surface area contributed by atoms with Gasteiger partial charge in [-0.15, -0.1) is 0 Å². The first-order valence-electron chi connectivity index (χ1n) is 9.18. The topological polar surface area (TPSA) is 44.1 Å². The molecule has 1 heterocycles. The van der Waals surface area contributed by atoms with Crippen LogP contribution in [0.3, 0.4) is 0 Å². The molecule has 0 spiro atoms. The second-order valence-corrected chi connectivity index (χ2v) is 8.58. The molecule has 1 amide bonds. The van der Waals surface area contributed by atoms with Gasteiger partial charge in [0.05, 0.1) is 6.07 Å². The van der Waals surface area contributed by atoms with E-state index >= 15 is 0 Å². The Hall–Kier alpha value is -2.34. The van der Waals surface area contributed by atoms with Crippen LogP contribution in [0.5, 0.6) is 0 Å². The van der Waals surface area contributed by atoms with E-state index in [0.29, 0.717) is 12.5 Å². The molecular weight excluding hydrogens is 308 g/mol. The fraction of sp³-hybridized carbons (Fsp3) is 0.455. The van der Waals surface area contributed by atoms with Gasteiger partial charge in [0.25, 0.3) is 5.91 Å². The molecule has 4 bridgehead atoms. The van der Waals surface area contributed by atoms with Crippen LogP contribution in [-0.4, -0.2) is 22.9 Å². The smallest absolute Gasteiger partial charge is 0.255 e. The quantitative estimate of drug-likeness (QED) is 0.778. The van der Waals surface area contributed by atoms with Crippen LogP contribution >= 0.6 is 0 Å². The van der Waals surface area contributed by atoms with Crippen molar-refractivity contribution >= 4 is 16.7 Å². The van der Waals surface area contributed by atoms with E-state index in [9.17, 15) is 10.1 Å². The van der Waals surface area contributed by atoms with E-state index in [1.807, 2.05) is 47.4 Å². The maximum atomic E-state index is 13.6. The van der Waals surface area contributed by atoms with Crippen molar-refractivity contribution in [2.75, 3.05) is 6.54 Å². The first-order chi connectivity index (χ1) is 12.0. The number of hydrogen-bond acceptors (Lipinski definition) is 2. The molecule has 3 fully saturated rings. The van der Waals surface area contributed by atoms with E-state index in [1.54, 1.807) is 0 Å². The Balaban J connectivity index is 1.65. The van der Waals surface area contributed by atoms with E-state index in [4.69, 9.17) is 0 Å². The molecule has 4 atom stereocenters. The van der Waals surface area contributed by atoms with E-state index in [0.717, 1.165) is 29.2 Å². The van der Waals surface area contributed by atoms with Gasteiger partial charge in [-0.05, 0) is 47.4 Å². The molecule has 0 aromatic heterocycles. The van der Waals surface area contributed by atoms with Gasteiger partial charge < -0.3 is 4.90 Å². The summed E-state index contributed by atoms with van der Waals surface area (Å²) >= 11 is 0. The Labute approximate surface area is 148 Å². The summed E-state index contributed by atoms with van der Waals surface area (Å²) in [6.45, 7) is 5.27. The highest BCUT2D eigenvalue weighted by Gasteiger charge is 2.78. The number of fused-ring (bicyclic) bond motifs is 1. The van der Waals surface area contributed by atoms with Gasteiger partial charge >= 0.3 is 0 Å². The van der Waals surface area contributed by atoms with E-state index < -0.39 is 5.54 Å². The second kappa shape index (κ2) is 4.43. The molecule has 3 nitrogen and oxygen atoms in total. The van der Waals surface area contributed by atoms with Crippen molar-refractivity contribution in [1.82, 2.24) is 4.90 Å².